The van der Waals surface area contributed by atoms with Crippen LogP contribution in [0.3, 0.4) is 0 Å². The molecule has 1 fully saturated rings. The molecule has 0 atom stereocenters. The molecule has 6 heteroatoms. The summed E-state index contributed by atoms with van der Waals surface area (Å²) in [6.45, 7) is 6.21. The molecular weight excluding hydrogens is 370 g/mol. The Bertz CT molecular complexity index is 795. The van der Waals surface area contributed by atoms with Gasteiger partial charge in [-0.25, -0.2) is 4.98 Å². The predicted octanol–water partition coefficient (Wildman–Crippen LogP) is 4.28. The SMILES string of the molecule is CCCCNC(=O)CC1CCN(C(=O)c2sc(-c3ccccc3)nc2C)CC1. The Balaban J connectivity index is 1.54. The number of piperidine rings is 1. The van der Waals surface area contributed by atoms with Crippen molar-refractivity contribution in [2.75, 3.05) is 19.6 Å². The topological polar surface area (TPSA) is 62.3 Å². The van der Waals surface area contributed by atoms with Crippen LogP contribution in [0.15, 0.2) is 30.3 Å². The first-order valence-electron chi connectivity index (χ1n) is 10.2. The van der Waals surface area contributed by atoms with Crippen molar-refractivity contribution in [3.63, 3.8) is 0 Å². The van der Waals surface area contributed by atoms with E-state index in [4.69, 9.17) is 0 Å². The lowest BCUT2D eigenvalue weighted by molar-refractivity contribution is -0.122. The second-order valence-electron chi connectivity index (χ2n) is 7.44. The van der Waals surface area contributed by atoms with Gasteiger partial charge >= 0.3 is 0 Å². The van der Waals surface area contributed by atoms with Crippen molar-refractivity contribution in [2.45, 2.75) is 46.0 Å². The summed E-state index contributed by atoms with van der Waals surface area (Å²) >= 11 is 1.47. The zero-order valence-electron chi connectivity index (χ0n) is 16.7. The fourth-order valence-electron chi connectivity index (χ4n) is 3.52. The molecule has 0 unspecified atom stereocenters. The molecule has 0 aliphatic carbocycles. The van der Waals surface area contributed by atoms with Crippen LogP contribution < -0.4 is 5.32 Å². The summed E-state index contributed by atoms with van der Waals surface area (Å²) in [7, 11) is 0. The largest absolute Gasteiger partial charge is 0.356 e. The molecule has 0 spiro atoms. The smallest absolute Gasteiger partial charge is 0.265 e. The predicted molar refractivity (Wildman–Crippen MR) is 113 cm³/mol. The van der Waals surface area contributed by atoms with Crippen molar-refractivity contribution in [3.05, 3.63) is 40.9 Å². The first-order valence-corrected chi connectivity index (χ1v) is 11.0. The first kappa shape index (κ1) is 20.5. The number of aromatic nitrogens is 1. The number of hydrogen-bond donors (Lipinski definition) is 1. The van der Waals surface area contributed by atoms with Crippen molar-refractivity contribution in [3.8, 4) is 10.6 Å². The molecule has 28 heavy (non-hydrogen) atoms. The summed E-state index contributed by atoms with van der Waals surface area (Å²) in [6, 6.07) is 9.98. The summed E-state index contributed by atoms with van der Waals surface area (Å²) in [5, 5.41) is 3.88. The lowest BCUT2D eigenvalue weighted by Crippen LogP contribution is -2.39. The maximum Gasteiger partial charge on any atom is 0.265 e. The molecule has 0 radical (unpaired) electrons. The van der Waals surface area contributed by atoms with Gasteiger partial charge in [0.15, 0.2) is 0 Å². The fraction of sp³-hybridized carbons (Fsp3) is 0.500. The number of benzene rings is 1. The van der Waals surface area contributed by atoms with Gasteiger partial charge in [-0.05, 0) is 32.1 Å². The number of nitrogens with zero attached hydrogens (tertiary/aromatic N) is 2. The van der Waals surface area contributed by atoms with E-state index in [2.05, 4.69) is 17.2 Å². The molecule has 1 N–H and O–H groups in total. The lowest BCUT2D eigenvalue weighted by Gasteiger charge is -2.31. The highest BCUT2D eigenvalue weighted by Crippen LogP contribution is 2.30. The van der Waals surface area contributed by atoms with E-state index in [1.165, 1.54) is 11.3 Å². The van der Waals surface area contributed by atoms with Gasteiger partial charge in [0.05, 0.1) is 5.69 Å². The standard InChI is InChI=1S/C22H29N3O2S/c1-3-4-12-23-19(26)15-17-10-13-25(14-11-17)22(27)20-16(2)24-21(28-20)18-8-6-5-7-9-18/h5-9,17H,3-4,10-15H2,1-2H3,(H,23,26). The van der Waals surface area contributed by atoms with Gasteiger partial charge in [-0.1, -0.05) is 43.7 Å². The van der Waals surface area contributed by atoms with Crippen LogP contribution in [-0.2, 0) is 4.79 Å². The van der Waals surface area contributed by atoms with Crippen LogP contribution in [0.5, 0.6) is 0 Å². The third-order valence-electron chi connectivity index (χ3n) is 5.24. The van der Waals surface area contributed by atoms with Gasteiger partial charge in [-0.3, -0.25) is 9.59 Å². The van der Waals surface area contributed by atoms with Crippen LogP contribution in [-0.4, -0.2) is 41.3 Å². The number of rotatable bonds is 7. The molecule has 2 heterocycles. The van der Waals surface area contributed by atoms with Gasteiger partial charge in [0.1, 0.15) is 9.88 Å². The zero-order chi connectivity index (χ0) is 19.9. The number of amides is 2. The number of hydrogen-bond acceptors (Lipinski definition) is 4. The molecule has 3 rings (SSSR count). The van der Waals surface area contributed by atoms with Crippen LogP contribution in [0.25, 0.3) is 10.6 Å². The number of unbranched alkanes of at least 4 members (excludes halogenated alkanes) is 1. The molecule has 2 amide bonds. The average Bonchev–Trinajstić information content (AvgIpc) is 3.10. The van der Waals surface area contributed by atoms with Gasteiger partial charge in [-0.2, -0.15) is 0 Å². The van der Waals surface area contributed by atoms with E-state index in [-0.39, 0.29) is 11.8 Å². The number of carbonyl (C=O) groups is 2. The summed E-state index contributed by atoms with van der Waals surface area (Å²) in [5.41, 5.74) is 1.84. The Morgan fingerprint density at radius 3 is 2.61 bits per heavy atom. The lowest BCUT2D eigenvalue weighted by atomic mass is 9.93. The average molecular weight is 400 g/mol. The Kier molecular flexibility index (Phi) is 7.20. The third-order valence-corrected chi connectivity index (χ3v) is 6.43. The molecule has 1 aromatic heterocycles. The van der Waals surface area contributed by atoms with E-state index in [0.29, 0.717) is 25.4 Å². The van der Waals surface area contributed by atoms with Gasteiger partial charge in [0.2, 0.25) is 5.91 Å². The zero-order valence-corrected chi connectivity index (χ0v) is 17.6. The minimum Gasteiger partial charge on any atom is -0.356 e. The maximum absolute atomic E-state index is 13.0. The highest BCUT2D eigenvalue weighted by atomic mass is 32.1. The number of aryl methyl sites for hydroxylation is 1. The van der Waals surface area contributed by atoms with E-state index in [1.54, 1.807) is 0 Å². The minimum absolute atomic E-state index is 0.0722. The molecular formula is C22H29N3O2S. The Morgan fingerprint density at radius 2 is 1.93 bits per heavy atom. The van der Waals surface area contributed by atoms with Crippen molar-refractivity contribution in [1.29, 1.82) is 0 Å². The molecule has 0 saturated carbocycles. The second kappa shape index (κ2) is 9.82. The van der Waals surface area contributed by atoms with Gasteiger partial charge in [0, 0.05) is 31.6 Å². The normalized spacial score (nSPS) is 14.9. The van der Waals surface area contributed by atoms with Crippen molar-refractivity contribution in [2.24, 2.45) is 5.92 Å². The van der Waals surface area contributed by atoms with Crippen LogP contribution in [0.4, 0.5) is 0 Å². The summed E-state index contributed by atoms with van der Waals surface area (Å²) in [6.07, 6.45) is 4.46. The summed E-state index contributed by atoms with van der Waals surface area (Å²) in [5.74, 6) is 0.583. The Labute approximate surface area is 171 Å². The minimum atomic E-state index is 0.0722. The van der Waals surface area contributed by atoms with E-state index in [0.717, 1.165) is 53.4 Å². The van der Waals surface area contributed by atoms with Crippen LogP contribution in [0, 0.1) is 12.8 Å². The highest BCUT2D eigenvalue weighted by Gasteiger charge is 2.27. The van der Waals surface area contributed by atoms with E-state index >= 15 is 0 Å². The molecule has 150 valence electrons. The monoisotopic (exact) mass is 399 g/mol. The van der Waals surface area contributed by atoms with Crippen LogP contribution >= 0.6 is 11.3 Å². The van der Waals surface area contributed by atoms with E-state index in [1.807, 2.05) is 42.2 Å². The number of thiazole rings is 1. The summed E-state index contributed by atoms with van der Waals surface area (Å²) in [4.78, 5) is 32.2. The quantitative estimate of drug-likeness (QED) is 0.707. The van der Waals surface area contributed by atoms with Crippen molar-refractivity contribution < 1.29 is 9.59 Å². The number of carbonyl (C=O) groups excluding carboxylic acids is 2. The fourth-order valence-corrected chi connectivity index (χ4v) is 4.56. The molecule has 5 nitrogen and oxygen atoms in total. The first-order chi connectivity index (χ1) is 13.6. The van der Waals surface area contributed by atoms with Crippen LogP contribution in [0.2, 0.25) is 0 Å². The number of likely N-dealkylation sites (tertiary alicyclic amines) is 1. The van der Waals surface area contributed by atoms with E-state index < -0.39 is 0 Å². The molecule has 2 aromatic rings. The number of nitrogens with one attached hydrogen (secondary N) is 1. The summed E-state index contributed by atoms with van der Waals surface area (Å²) < 4.78 is 0. The molecule has 0 bridgehead atoms. The highest BCUT2D eigenvalue weighted by molar-refractivity contribution is 7.17. The third kappa shape index (κ3) is 5.19. The van der Waals surface area contributed by atoms with Gasteiger partial charge < -0.3 is 10.2 Å². The molecule has 1 aliphatic heterocycles. The van der Waals surface area contributed by atoms with Crippen molar-refractivity contribution in [1.82, 2.24) is 15.2 Å². The molecule has 1 saturated heterocycles. The molecule has 1 aliphatic rings. The Hall–Kier alpha value is -2.21. The Morgan fingerprint density at radius 1 is 1.21 bits per heavy atom. The molecule has 1 aromatic carbocycles. The van der Waals surface area contributed by atoms with Crippen LogP contribution in [0.1, 0.15) is 54.4 Å². The van der Waals surface area contributed by atoms with Gasteiger partial charge in [-0.15, -0.1) is 11.3 Å². The maximum atomic E-state index is 13.0. The second-order valence-corrected chi connectivity index (χ2v) is 8.44. The van der Waals surface area contributed by atoms with E-state index in [9.17, 15) is 9.59 Å². The van der Waals surface area contributed by atoms with Gasteiger partial charge in [0.25, 0.3) is 5.91 Å². The van der Waals surface area contributed by atoms with Crippen molar-refractivity contribution >= 4 is 23.2 Å².